The largest absolute Gasteiger partial charge is 0.465 e. The molecular formula is C14H16ClNO4. The molecule has 0 spiro atoms. The maximum atomic E-state index is 11.9. The predicted octanol–water partition coefficient (Wildman–Crippen LogP) is 3.14. The lowest BCUT2D eigenvalue weighted by atomic mass is 10.2. The average molecular weight is 298 g/mol. The maximum Gasteiger partial charge on any atom is 0.341 e. The van der Waals surface area contributed by atoms with E-state index in [2.05, 4.69) is 0 Å². The lowest BCUT2D eigenvalue weighted by Gasteiger charge is -2.09. The van der Waals surface area contributed by atoms with Gasteiger partial charge in [0.05, 0.1) is 30.6 Å². The smallest absolute Gasteiger partial charge is 0.341 e. The summed E-state index contributed by atoms with van der Waals surface area (Å²) in [4.78, 5) is 11.9. The second-order valence-corrected chi connectivity index (χ2v) is 4.61. The Bertz CT molecular complexity index is 601. The first-order valence-corrected chi connectivity index (χ1v) is 6.49. The van der Waals surface area contributed by atoms with Crippen molar-refractivity contribution in [2.75, 3.05) is 20.8 Å². The monoisotopic (exact) mass is 297 g/mol. The van der Waals surface area contributed by atoms with E-state index in [1.54, 1.807) is 25.5 Å². The summed E-state index contributed by atoms with van der Waals surface area (Å²) in [5, 5.41) is 0.334. The summed E-state index contributed by atoms with van der Waals surface area (Å²) in [5.74, 6) is 0.140. The molecule has 6 heteroatoms. The molecule has 2 rings (SSSR count). The van der Waals surface area contributed by atoms with Gasteiger partial charge in [0.15, 0.2) is 5.76 Å². The van der Waals surface area contributed by atoms with Crippen molar-refractivity contribution in [1.82, 2.24) is 4.57 Å². The molecule has 0 N–H and O–H groups in total. The van der Waals surface area contributed by atoms with Crippen molar-refractivity contribution >= 4 is 17.6 Å². The van der Waals surface area contributed by atoms with Gasteiger partial charge in [-0.2, -0.15) is 0 Å². The van der Waals surface area contributed by atoms with E-state index < -0.39 is 5.97 Å². The minimum absolute atomic E-state index is 0.334. The SMILES string of the molecule is COCCn1c(C)c(C(=O)OC)c(Cl)c1-c1ccco1. The van der Waals surface area contributed by atoms with Gasteiger partial charge in [-0.1, -0.05) is 11.6 Å². The number of carbonyl (C=O) groups excluding carboxylic acids is 1. The Balaban J connectivity index is 2.61. The van der Waals surface area contributed by atoms with Crippen LogP contribution in [0.2, 0.25) is 5.02 Å². The first-order valence-electron chi connectivity index (χ1n) is 6.11. The van der Waals surface area contributed by atoms with Crippen LogP contribution in [-0.4, -0.2) is 31.4 Å². The van der Waals surface area contributed by atoms with E-state index in [9.17, 15) is 4.79 Å². The highest BCUT2D eigenvalue weighted by Gasteiger charge is 2.26. The van der Waals surface area contributed by atoms with Crippen molar-refractivity contribution < 1.29 is 18.7 Å². The van der Waals surface area contributed by atoms with E-state index in [1.165, 1.54) is 7.11 Å². The molecule has 0 aliphatic heterocycles. The van der Waals surface area contributed by atoms with Gasteiger partial charge in [-0.15, -0.1) is 0 Å². The molecule has 0 unspecified atom stereocenters. The molecule has 2 aromatic rings. The summed E-state index contributed by atoms with van der Waals surface area (Å²) >= 11 is 6.36. The van der Waals surface area contributed by atoms with Crippen LogP contribution in [0.4, 0.5) is 0 Å². The Hall–Kier alpha value is -1.72. The van der Waals surface area contributed by atoms with Crippen LogP contribution in [0.3, 0.4) is 0 Å². The van der Waals surface area contributed by atoms with Gasteiger partial charge in [0.25, 0.3) is 0 Å². The number of halogens is 1. The molecule has 0 saturated carbocycles. The average Bonchev–Trinajstić information content (AvgIpc) is 3.03. The predicted molar refractivity (Wildman–Crippen MR) is 75.1 cm³/mol. The third-order valence-electron chi connectivity index (χ3n) is 3.13. The summed E-state index contributed by atoms with van der Waals surface area (Å²) in [6.07, 6.45) is 1.56. The number of nitrogens with zero attached hydrogens (tertiary/aromatic N) is 1. The first-order chi connectivity index (χ1) is 9.61. The van der Waals surface area contributed by atoms with Gasteiger partial charge < -0.3 is 18.5 Å². The van der Waals surface area contributed by atoms with Crippen LogP contribution >= 0.6 is 11.6 Å². The van der Waals surface area contributed by atoms with Crippen LogP contribution in [-0.2, 0) is 16.0 Å². The van der Waals surface area contributed by atoms with Gasteiger partial charge in [-0.3, -0.25) is 0 Å². The van der Waals surface area contributed by atoms with Crippen LogP contribution < -0.4 is 0 Å². The molecular weight excluding hydrogens is 282 g/mol. The van der Waals surface area contributed by atoms with Crippen LogP contribution in [0, 0.1) is 6.92 Å². The normalized spacial score (nSPS) is 10.8. The minimum Gasteiger partial charge on any atom is -0.465 e. The molecule has 5 nitrogen and oxygen atoms in total. The topological polar surface area (TPSA) is 53.6 Å². The molecule has 0 radical (unpaired) electrons. The number of ether oxygens (including phenoxy) is 2. The molecule has 2 heterocycles. The van der Waals surface area contributed by atoms with Gasteiger partial charge in [-0.05, 0) is 19.1 Å². The van der Waals surface area contributed by atoms with E-state index in [0.29, 0.717) is 35.2 Å². The molecule has 0 aliphatic carbocycles. The molecule has 0 aliphatic rings. The van der Waals surface area contributed by atoms with Crippen molar-refractivity contribution in [2.24, 2.45) is 0 Å². The summed E-state index contributed by atoms with van der Waals surface area (Å²) in [5.41, 5.74) is 1.74. The second-order valence-electron chi connectivity index (χ2n) is 4.24. The minimum atomic E-state index is -0.462. The highest BCUT2D eigenvalue weighted by molar-refractivity contribution is 6.36. The zero-order valence-corrected chi connectivity index (χ0v) is 12.4. The first kappa shape index (κ1) is 14.7. The quantitative estimate of drug-likeness (QED) is 0.796. The highest BCUT2D eigenvalue weighted by Crippen LogP contribution is 2.36. The van der Waals surface area contributed by atoms with Gasteiger partial charge in [0.1, 0.15) is 5.69 Å². The number of rotatable bonds is 5. The lowest BCUT2D eigenvalue weighted by molar-refractivity contribution is 0.0600. The standard InChI is InChI=1S/C14H16ClNO4/c1-9-11(14(17)19-3)12(15)13(10-5-4-7-20-10)16(9)6-8-18-2/h4-5,7H,6,8H2,1-3H3. The van der Waals surface area contributed by atoms with E-state index >= 15 is 0 Å². The summed E-state index contributed by atoms with van der Waals surface area (Å²) in [6.45, 7) is 2.88. The van der Waals surface area contributed by atoms with Crippen molar-refractivity contribution in [3.63, 3.8) is 0 Å². The molecule has 20 heavy (non-hydrogen) atoms. The van der Waals surface area contributed by atoms with E-state index in [1.807, 2.05) is 11.5 Å². The number of hydrogen-bond donors (Lipinski definition) is 0. The van der Waals surface area contributed by atoms with Crippen LogP contribution in [0.15, 0.2) is 22.8 Å². The molecule has 108 valence electrons. The third-order valence-corrected chi connectivity index (χ3v) is 3.50. The molecule has 0 aromatic carbocycles. The number of furan rings is 1. The number of hydrogen-bond acceptors (Lipinski definition) is 4. The van der Waals surface area contributed by atoms with Gasteiger partial charge >= 0.3 is 5.97 Å². The molecule has 0 atom stereocenters. The van der Waals surface area contributed by atoms with Crippen molar-refractivity contribution in [1.29, 1.82) is 0 Å². The van der Waals surface area contributed by atoms with Crippen LogP contribution in [0.25, 0.3) is 11.5 Å². The van der Waals surface area contributed by atoms with E-state index in [-0.39, 0.29) is 0 Å². The third kappa shape index (κ3) is 2.46. The zero-order valence-electron chi connectivity index (χ0n) is 11.6. The fraction of sp³-hybridized carbons (Fsp3) is 0.357. The lowest BCUT2D eigenvalue weighted by Crippen LogP contribution is -2.09. The second kappa shape index (κ2) is 6.15. The Labute approximate surface area is 122 Å². The molecule has 0 fully saturated rings. The van der Waals surface area contributed by atoms with Crippen molar-refractivity contribution in [3.8, 4) is 11.5 Å². The fourth-order valence-electron chi connectivity index (χ4n) is 2.15. The van der Waals surface area contributed by atoms with Gasteiger partial charge in [0, 0.05) is 19.3 Å². The number of aromatic nitrogens is 1. The summed E-state index contributed by atoms with van der Waals surface area (Å²) in [7, 11) is 2.95. The molecule has 0 amide bonds. The maximum absolute atomic E-state index is 11.9. The summed E-state index contributed by atoms with van der Waals surface area (Å²) < 4.78 is 17.2. The Kier molecular flexibility index (Phi) is 4.52. The Morgan fingerprint density at radius 2 is 2.20 bits per heavy atom. The Morgan fingerprint density at radius 1 is 1.45 bits per heavy atom. The van der Waals surface area contributed by atoms with Crippen molar-refractivity contribution in [3.05, 3.63) is 34.7 Å². The summed E-state index contributed by atoms with van der Waals surface area (Å²) in [6, 6.07) is 3.57. The van der Waals surface area contributed by atoms with Crippen LogP contribution in [0.1, 0.15) is 16.1 Å². The number of carbonyl (C=O) groups is 1. The molecule has 0 bridgehead atoms. The fourth-order valence-corrected chi connectivity index (χ4v) is 2.56. The van der Waals surface area contributed by atoms with E-state index in [4.69, 9.17) is 25.5 Å². The molecule has 2 aromatic heterocycles. The molecule has 0 saturated heterocycles. The number of methoxy groups -OCH3 is 2. The van der Waals surface area contributed by atoms with E-state index in [0.717, 1.165) is 5.69 Å². The van der Waals surface area contributed by atoms with Crippen molar-refractivity contribution in [2.45, 2.75) is 13.5 Å². The zero-order chi connectivity index (χ0) is 14.7. The van der Waals surface area contributed by atoms with Gasteiger partial charge in [0.2, 0.25) is 0 Å². The van der Waals surface area contributed by atoms with Gasteiger partial charge in [-0.25, -0.2) is 4.79 Å². The van der Waals surface area contributed by atoms with Crippen LogP contribution in [0.5, 0.6) is 0 Å². The Morgan fingerprint density at radius 3 is 2.75 bits per heavy atom. The highest BCUT2D eigenvalue weighted by atomic mass is 35.5. The number of esters is 1.